The van der Waals surface area contributed by atoms with E-state index in [1.54, 1.807) is 6.20 Å². The van der Waals surface area contributed by atoms with E-state index < -0.39 is 5.91 Å². The zero-order valence-corrected chi connectivity index (χ0v) is 17.2. The Morgan fingerprint density at radius 3 is 2.66 bits per heavy atom. The number of primary amides is 1. The summed E-state index contributed by atoms with van der Waals surface area (Å²) in [6.45, 7) is 0. The molecular weight excluding hydrogens is 404 g/mol. The predicted molar refractivity (Wildman–Crippen MR) is 120 cm³/mol. The second-order valence-corrected chi connectivity index (χ2v) is 8.47. The number of rotatable bonds is 3. The molecule has 1 saturated carbocycles. The van der Waals surface area contributed by atoms with Crippen molar-refractivity contribution >= 4 is 28.5 Å². The molecule has 3 N–H and O–H groups in total. The number of amides is 2. The molecule has 1 aromatic carbocycles. The van der Waals surface area contributed by atoms with Crippen LogP contribution >= 0.6 is 0 Å². The predicted octanol–water partition coefficient (Wildman–Crippen LogP) is 3.48. The van der Waals surface area contributed by atoms with Crippen molar-refractivity contribution < 1.29 is 9.59 Å². The van der Waals surface area contributed by atoms with Crippen molar-refractivity contribution in [2.75, 3.05) is 5.32 Å². The van der Waals surface area contributed by atoms with Crippen LogP contribution in [0.5, 0.6) is 0 Å². The number of benzene rings is 1. The molecule has 0 unspecified atom stereocenters. The molecule has 0 radical (unpaired) electrons. The van der Waals surface area contributed by atoms with Crippen LogP contribution in [0.3, 0.4) is 0 Å². The number of carbonyl (C=O) groups is 2. The minimum atomic E-state index is -0.617. The molecular formula is C24H20N6O2. The maximum Gasteiger partial charge on any atom is 0.254 e. The van der Waals surface area contributed by atoms with Crippen molar-refractivity contribution in [2.45, 2.75) is 31.2 Å². The van der Waals surface area contributed by atoms with Crippen LogP contribution in [0.15, 0.2) is 54.7 Å². The number of aromatic nitrogens is 4. The molecule has 2 amide bonds. The Morgan fingerprint density at radius 1 is 1.09 bits per heavy atom. The average molecular weight is 424 g/mol. The van der Waals surface area contributed by atoms with Crippen LogP contribution in [0.2, 0.25) is 0 Å². The molecule has 1 fully saturated rings. The second-order valence-electron chi connectivity index (χ2n) is 8.47. The van der Waals surface area contributed by atoms with E-state index in [0.29, 0.717) is 17.9 Å². The van der Waals surface area contributed by atoms with Crippen LogP contribution in [-0.2, 0) is 10.3 Å². The first kappa shape index (κ1) is 18.7. The normalized spacial score (nSPS) is 16.4. The van der Waals surface area contributed by atoms with Crippen LogP contribution in [-0.4, -0.2) is 31.6 Å². The molecule has 4 heterocycles. The number of hydrogen-bond donors (Lipinski definition) is 2. The number of nitrogens with zero attached hydrogens (tertiary/aromatic N) is 4. The molecule has 4 aromatic rings. The lowest BCUT2D eigenvalue weighted by atomic mass is 9.73. The van der Waals surface area contributed by atoms with Crippen LogP contribution in [0.25, 0.3) is 33.5 Å². The standard InChI is InChI=1S/C24H20N6O2/c25-22(32)20-21(29-30-23(20)28-19(31)13-24(30)9-3-10-24)15-6-5-14-7-8-17(27-18(14)12-15)16-4-1-2-11-26-16/h1-2,4-8,11-12H,3,9-10,13H2,(H2,25,32)(H,28,31). The molecule has 8 heteroatoms. The van der Waals surface area contributed by atoms with E-state index in [2.05, 4.69) is 10.3 Å². The SMILES string of the molecule is NC(=O)c1c(-c2ccc3ccc(-c4ccccn4)nc3c2)nn2c1NC(=O)CC21CCC1. The lowest BCUT2D eigenvalue weighted by Crippen LogP contribution is -2.48. The summed E-state index contributed by atoms with van der Waals surface area (Å²) >= 11 is 0. The maximum absolute atomic E-state index is 12.4. The van der Waals surface area contributed by atoms with Gasteiger partial charge in [0.1, 0.15) is 17.1 Å². The molecule has 0 saturated heterocycles. The molecule has 158 valence electrons. The largest absolute Gasteiger partial charge is 0.365 e. The second kappa shape index (κ2) is 6.71. The van der Waals surface area contributed by atoms with Gasteiger partial charge in [0.15, 0.2) is 0 Å². The molecule has 1 spiro atoms. The molecule has 8 nitrogen and oxygen atoms in total. The van der Waals surface area contributed by atoms with Crippen molar-refractivity contribution in [1.29, 1.82) is 0 Å². The van der Waals surface area contributed by atoms with E-state index in [1.807, 2.05) is 53.2 Å². The zero-order chi connectivity index (χ0) is 21.9. The third-order valence-corrected chi connectivity index (χ3v) is 6.51. The van der Waals surface area contributed by atoms with E-state index in [4.69, 9.17) is 15.8 Å². The highest BCUT2D eigenvalue weighted by atomic mass is 16.2. The van der Waals surface area contributed by atoms with Crippen molar-refractivity contribution in [1.82, 2.24) is 19.7 Å². The number of nitrogens with two attached hydrogens (primary N) is 1. The summed E-state index contributed by atoms with van der Waals surface area (Å²) in [7, 11) is 0. The van der Waals surface area contributed by atoms with Crippen LogP contribution in [0, 0.1) is 0 Å². The number of hydrogen-bond acceptors (Lipinski definition) is 5. The van der Waals surface area contributed by atoms with Crippen LogP contribution < -0.4 is 11.1 Å². The molecule has 1 aliphatic carbocycles. The van der Waals surface area contributed by atoms with Gasteiger partial charge in [-0.1, -0.05) is 24.3 Å². The van der Waals surface area contributed by atoms with Gasteiger partial charge in [0, 0.05) is 17.1 Å². The smallest absolute Gasteiger partial charge is 0.254 e. The maximum atomic E-state index is 12.4. The summed E-state index contributed by atoms with van der Waals surface area (Å²) in [4.78, 5) is 34.0. The third kappa shape index (κ3) is 2.72. The fourth-order valence-electron chi connectivity index (χ4n) is 4.76. The monoisotopic (exact) mass is 424 g/mol. The lowest BCUT2D eigenvalue weighted by molar-refractivity contribution is -0.120. The minimum Gasteiger partial charge on any atom is -0.365 e. The van der Waals surface area contributed by atoms with Gasteiger partial charge in [-0.2, -0.15) is 5.10 Å². The zero-order valence-electron chi connectivity index (χ0n) is 17.2. The van der Waals surface area contributed by atoms with E-state index in [1.165, 1.54) is 0 Å². The van der Waals surface area contributed by atoms with Crippen molar-refractivity contribution in [2.24, 2.45) is 5.73 Å². The van der Waals surface area contributed by atoms with Gasteiger partial charge in [-0.15, -0.1) is 0 Å². The third-order valence-electron chi connectivity index (χ3n) is 6.51. The quantitative estimate of drug-likeness (QED) is 0.522. The summed E-state index contributed by atoms with van der Waals surface area (Å²) in [5, 5.41) is 8.59. The number of anilines is 1. The Balaban J connectivity index is 1.52. The van der Waals surface area contributed by atoms with E-state index in [9.17, 15) is 9.59 Å². The topological polar surface area (TPSA) is 116 Å². The Morgan fingerprint density at radius 2 is 1.94 bits per heavy atom. The molecule has 0 bridgehead atoms. The molecule has 32 heavy (non-hydrogen) atoms. The molecule has 2 aliphatic rings. The van der Waals surface area contributed by atoms with Crippen LogP contribution in [0.1, 0.15) is 36.0 Å². The Kier molecular flexibility index (Phi) is 3.92. The fraction of sp³-hybridized carbons (Fsp3) is 0.208. The van der Waals surface area contributed by atoms with Gasteiger partial charge in [0.05, 0.1) is 28.9 Å². The summed E-state index contributed by atoms with van der Waals surface area (Å²) in [6, 6.07) is 15.4. The van der Waals surface area contributed by atoms with Crippen molar-refractivity contribution in [3.8, 4) is 22.6 Å². The van der Waals surface area contributed by atoms with Gasteiger partial charge in [-0.05, 0) is 43.5 Å². The first-order chi connectivity index (χ1) is 15.5. The summed E-state index contributed by atoms with van der Waals surface area (Å²) in [5.74, 6) is -0.321. The highest BCUT2D eigenvalue weighted by Gasteiger charge is 2.47. The van der Waals surface area contributed by atoms with Gasteiger partial charge >= 0.3 is 0 Å². The van der Waals surface area contributed by atoms with Crippen molar-refractivity contribution in [3.63, 3.8) is 0 Å². The van der Waals surface area contributed by atoms with Crippen LogP contribution in [0.4, 0.5) is 5.82 Å². The summed E-state index contributed by atoms with van der Waals surface area (Å²) < 4.78 is 1.81. The highest BCUT2D eigenvalue weighted by molar-refractivity contribution is 6.08. The molecule has 3 aromatic heterocycles. The van der Waals surface area contributed by atoms with E-state index >= 15 is 0 Å². The number of fused-ring (bicyclic) bond motifs is 3. The lowest BCUT2D eigenvalue weighted by Gasteiger charge is -2.44. The van der Waals surface area contributed by atoms with Gasteiger partial charge in [0.2, 0.25) is 5.91 Å². The summed E-state index contributed by atoms with van der Waals surface area (Å²) in [5.41, 5.74) is 9.13. The first-order valence-electron chi connectivity index (χ1n) is 10.6. The Hall–Kier alpha value is -4.07. The highest BCUT2D eigenvalue weighted by Crippen LogP contribution is 2.48. The Labute approximate surface area is 183 Å². The minimum absolute atomic E-state index is 0.105. The van der Waals surface area contributed by atoms with E-state index in [-0.39, 0.29) is 17.0 Å². The summed E-state index contributed by atoms with van der Waals surface area (Å²) in [6.07, 6.45) is 4.85. The van der Waals surface area contributed by atoms with E-state index in [0.717, 1.165) is 47.1 Å². The van der Waals surface area contributed by atoms with Gasteiger partial charge in [-0.3, -0.25) is 14.6 Å². The number of pyridine rings is 2. The van der Waals surface area contributed by atoms with Gasteiger partial charge in [-0.25, -0.2) is 9.67 Å². The van der Waals surface area contributed by atoms with Gasteiger partial charge < -0.3 is 11.1 Å². The molecule has 6 rings (SSSR count). The Bertz CT molecular complexity index is 1410. The van der Waals surface area contributed by atoms with Crippen molar-refractivity contribution in [3.05, 3.63) is 60.3 Å². The molecule has 1 aliphatic heterocycles. The first-order valence-corrected chi connectivity index (χ1v) is 10.6. The van der Waals surface area contributed by atoms with Gasteiger partial charge in [0.25, 0.3) is 5.91 Å². The number of nitrogens with one attached hydrogen (secondary N) is 1. The fourth-order valence-corrected chi connectivity index (χ4v) is 4.76. The average Bonchev–Trinajstić information content (AvgIpc) is 3.17. The molecule has 0 atom stereocenters. The number of carbonyl (C=O) groups excluding carboxylic acids is 2.